The fourth-order valence-electron chi connectivity index (χ4n) is 2.92. The van der Waals surface area contributed by atoms with E-state index in [1.165, 1.54) is 31.4 Å². The molecule has 3 rings (SSSR count). The Kier molecular flexibility index (Phi) is 2.98. The molecule has 2 nitrogen and oxygen atoms in total. The van der Waals surface area contributed by atoms with Crippen LogP contribution in [0.25, 0.3) is 0 Å². The normalized spacial score (nSPS) is 20.8. The summed E-state index contributed by atoms with van der Waals surface area (Å²) in [5.74, 6) is -0.404. The molecule has 0 saturated heterocycles. The molecule has 1 N–H and O–H groups in total. The Balaban J connectivity index is 2.22. The summed E-state index contributed by atoms with van der Waals surface area (Å²) < 4.78 is 32.5. The molecule has 2 aromatic rings. The van der Waals surface area contributed by atoms with E-state index in [0.29, 0.717) is 35.3 Å². The van der Waals surface area contributed by atoms with Crippen LogP contribution in [0, 0.1) is 11.6 Å². The number of aliphatic hydroxyl groups is 1. The number of fused-ring (bicyclic) bond motifs is 1. The van der Waals surface area contributed by atoms with Crippen molar-refractivity contribution in [1.82, 2.24) is 0 Å². The van der Waals surface area contributed by atoms with Gasteiger partial charge in [-0.2, -0.15) is 0 Å². The van der Waals surface area contributed by atoms with E-state index in [1.807, 2.05) is 0 Å². The van der Waals surface area contributed by atoms with E-state index >= 15 is 0 Å². The first kappa shape index (κ1) is 13.1. The molecule has 0 amide bonds. The summed E-state index contributed by atoms with van der Waals surface area (Å²) >= 11 is 0. The number of halogens is 2. The lowest BCUT2D eigenvalue weighted by Crippen LogP contribution is -2.25. The van der Waals surface area contributed by atoms with Crippen LogP contribution in [0.2, 0.25) is 0 Å². The molecule has 0 radical (unpaired) electrons. The molecular formula is C16H14F2O2. The lowest BCUT2D eigenvalue weighted by atomic mass is 9.87. The minimum absolute atomic E-state index is 0.309. The molecule has 1 atom stereocenters. The number of ether oxygens (including phenoxy) is 1. The van der Waals surface area contributed by atoms with Crippen molar-refractivity contribution in [2.45, 2.75) is 18.4 Å². The Bertz CT molecular complexity index is 670. The maximum Gasteiger partial charge on any atom is 0.126 e. The minimum atomic E-state index is -1.41. The predicted octanol–water partition coefficient (Wildman–Crippen LogP) is 3.16. The number of methoxy groups -OCH3 is 1. The Morgan fingerprint density at radius 1 is 1.15 bits per heavy atom. The zero-order chi connectivity index (χ0) is 14.3. The molecule has 0 bridgehead atoms. The topological polar surface area (TPSA) is 29.5 Å². The first-order valence-corrected chi connectivity index (χ1v) is 6.40. The second-order valence-corrected chi connectivity index (χ2v) is 4.97. The summed E-state index contributed by atoms with van der Waals surface area (Å²) in [5, 5.41) is 11.0. The van der Waals surface area contributed by atoms with Gasteiger partial charge in [-0.1, -0.05) is 12.1 Å². The van der Waals surface area contributed by atoms with Gasteiger partial charge >= 0.3 is 0 Å². The largest absolute Gasteiger partial charge is 0.496 e. The van der Waals surface area contributed by atoms with E-state index in [1.54, 1.807) is 12.1 Å². The summed E-state index contributed by atoms with van der Waals surface area (Å²) in [6, 6.07) is 8.59. The van der Waals surface area contributed by atoms with Gasteiger partial charge in [0, 0.05) is 5.56 Å². The third-order valence-electron chi connectivity index (χ3n) is 3.91. The summed E-state index contributed by atoms with van der Waals surface area (Å²) in [7, 11) is 1.46. The Hall–Kier alpha value is -1.94. The Labute approximate surface area is 115 Å². The highest BCUT2D eigenvalue weighted by Gasteiger charge is 2.41. The average Bonchev–Trinajstić information content (AvgIpc) is 2.79. The van der Waals surface area contributed by atoms with Crippen LogP contribution in [0.5, 0.6) is 5.75 Å². The average molecular weight is 276 g/mol. The number of hydrogen-bond acceptors (Lipinski definition) is 2. The van der Waals surface area contributed by atoms with Crippen LogP contribution in [0.15, 0.2) is 36.4 Å². The maximum atomic E-state index is 13.8. The fraction of sp³-hybridized carbons (Fsp3) is 0.250. The van der Waals surface area contributed by atoms with Gasteiger partial charge < -0.3 is 9.84 Å². The molecule has 0 aromatic heterocycles. The third kappa shape index (κ3) is 1.79. The van der Waals surface area contributed by atoms with Crippen molar-refractivity contribution in [2.75, 3.05) is 7.11 Å². The van der Waals surface area contributed by atoms with E-state index < -0.39 is 11.4 Å². The molecule has 0 saturated carbocycles. The summed E-state index contributed by atoms with van der Waals surface area (Å²) in [6.45, 7) is 0. The SMILES string of the molecule is COc1ccc(F)cc1C1(O)CCc2c(F)cccc21. The van der Waals surface area contributed by atoms with E-state index in [4.69, 9.17) is 4.74 Å². The summed E-state index contributed by atoms with van der Waals surface area (Å²) in [4.78, 5) is 0. The molecule has 0 spiro atoms. The zero-order valence-corrected chi connectivity index (χ0v) is 11.0. The number of rotatable bonds is 2. The molecule has 1 unspecified atom stereocenters. The van der Waals surface area contributed by atoms with Crippen molar-refractivity contribution >= 4 is 0 Å². The first-order valence-electron chi connectivity index (χ1n) is 6.40. The van der Waals surface area contributed by atoms with Gasteiger partial charge in [-0.3, -0.25) is 0 Å². The molecule has 0 fully saturated rings. The molecule has 20 heavy (non-hydrogen) atoms. The molecule has 4 heteroatoms. The summed E-state index contributed by atoms with van der Waals surface area (Å²) in [5.41, 5.74) is -0.0997. The smallest absolute Gasteiger partial charge is 0.126 e. The van der Waals surface area contributed by atoms with Crippen LogP contribution in [0.3, 0.4) is 0 Å². The van der Waals surface area contributed by atoms with Crippen LogP contribution >= 0.6 is 0 Å². The van der Waals surface area contributed by atoms with Gasteiger partial charge in [0.25, 0.3) is 0 Å². The summed E-state index contributed by atoms with van der Waals surface area (Å²) in [6.07, 6.45) is 0.723. The molecule has 0 aliphatic heterocycles. The van der Waals surface area contributed by atoms with E-state index in [0.717, 1.165) is 0 Å². The van der Waals surface area contributed by atoms with Crippen molar-refractivity contribution in [3.05, 3.63) is 64.7 Å². The van der Waals surface area contributed by atoms with Gasteiger partial charge in [-0.25, -0.2) is 8.78 Å². The highest BCUT2D eigenvalue weighted by Crippen LogP contribution is 2.45. The third-order valence-corrected chi connectivity index (χ3v) is 3.91. The van der Waals surface area contributed by atoms with E-state index in [9.17, 15) is 13.9 Å². The lowest BCUT2D eigenvalue weighted by Gasteiger charge is -2.26. The van der Waals surface area contributed by atoms with Gasteiger partial charge in [0.15, 0.2) is 0 Å². The highest BCUT2D eigenvalue weighted by molar-refractivity contribution is 5.50. The van der Waals surface area contributed by atoms with Crippen LogP contribution in [0.4, 0.5) is 8.78 Å². The van der Waals surface area contributed by atoms with Gasteiger partial charge in [0.2, 0.25) is 0 Å². The fourth-order valence-corrected chi connectivity index (χ4v) is 2.92. The van der Waals surface area contributed by atoms with Crippen LogP contribution in [0.1, 0.15) is 23.1 Å². The predicted molar refractivity (Wildman–Crippen MR) is 70.7 cm³/mol. The van der Waals surface area contributed by atoms with Gasteiger partial charge in [-0.15, -0.1) is 0 Å². The second kappa shape index (κ2) is 4.56. The molecule has 0 heterocycles. The van der Waals surface area contributed by atoms with Gasteiger partial charge in [-0.05, 0) is 48.2 Å². The van der Waals surface area contributed by atoms with Crippen molar-refractivity contribution in [2.24, 2.45) is 0 Å². The lowest BCUT2D eigenvalue weighted by molar-refractivity contribution is 0.0796. The van der Waals surface area contributed by atoms with Crippen LogP contribution in [-0.2, 0) is 12.0 Å². The Morgan fingerprint density at radius 2 is 1.95 bits per heavy atom. The molecule has 1 aliphatic carbocycles. The second-order valence-electron chi connectivity index (χ2n) is 4.97. The number of hydrogen-bond donors (Lipinski definition) is 1. The zero-order valence-electron chi connectivity index (χ0n) is 11.0. The van der Waals surface area contributed by atoms with Gasteiger partial charge in [0.05, 0.1) is 7.11 Å². The van der Waals surface area contributed by atoms with Crippen molar-refractivity contribution in [3.63, 3.8) is 0 Å². The highest BCUT2D eigenvalue weighted by atomic mass is 19.1. The molecule has 1 aliphatic rings. The minimum Gasteiger partial charge on any atom is -0.496 e. The standard InChI is InChI=1S/C16H14F2O2/c1-20-15-6-5-10(17)9-13(15)16(19)8-7-11-12(16)3-2-4-14(11)18/h2-6,9,19H,7-8H2,1H3. The van der Waals surface area contributed by atoms with Crippen LogP contribution < -0.4 is 4.74 Å². The van der Waals surface area contributed by atoms with Gasteiger partial charge in [0.1, 0.15) is 23.0 Å². The molecule has 104 valence electrons. The van der Waals surface area contributed by atoms with Crippen molar-refractivity contribution < 1.29 is 18.6 Å². The van der Waals surface area contributed by atoms with Crippen molar-refractivity contribution in [1.29, 1.82) is 0 Å². The first-order chi connectivity index (χ1) is 9.56. The monoisotopic (exact) mass is 276 g/mol. The van der Waals surface area contributed by atoms with E-state index in [-0.39, 0.29) is 5.82 Å². The van der Waals surface area contributed by atoms with Crippen LogP contribution in [-0.4, -0.2) is 12.2 Å². The molecular weight excluding hydrogens is 262 g/mol. The maximum absolute atomic E-state index is 13.8. The Morgan fingerprint density at radius 3 is 2.70 bits per heavy atom. The van der Waals surface area contributed by atoms with E-state index in [2.05, 4.69) is 0 Å². The molecule has 2 aromatic carbocycles. The number of benzene rings is 2. The van der Waals surface area contributed by atoms with Crippen molar-refractivity contribution in [3.8, 4) is 5.75 Å². The quantitative estimate of drug-likeness (QED) is 0.913.